The van der Waals surface area contributed by atoms with Gasteiger partial charge in [-0.2, -0.15) is 0 Å². The quantitative estimate of drug-likeness (QED) is 0.716. The van der Waals surface area contributed by atoms with Crippen molar-refractivity contribution >= 4 is 17.9 Å². The Balaban J connectivity index is 2.60. The van der Waals surface area contributed by atoms with Gasteiger partial charge in [0.15, 0.2) is 0 Å². The van der Waals surface area contributed by atoms with E-state index in [0.29, 0.717) is 13.0 Å². The number of hydrogen-bond donors (Lipinski definition) is 3. The highest BCUT2D eigenvalue weighted by Crippen LogP contribution is 2.25. The van der Waals surface area contributed by atoms with Crippen LogP contribution in [0.1, 0.15) is 47.1 Å². The van der Waals surface area contributed by atoms with Gasteiger partial charge >= 0.3 is 12.2 Å². The molecule has 7 heteroatoms. The minimum absolute atomic E-state index is 0.0605. The molecule has 0 bridgehead atoms. The van der Waals surface area contributed by atoms with Gasteiger partial charge in [0.25, 0.3) is 0 Å². The summed E-state index contributed by atoms with van der Waals surface area (Å²) in [6.45, 7) is 11.0. The van der Waals surface area contributed by atoms with E-state index in [1.54, 1.807) is 53.7 Å². The van der Waals surface area contributed by atoms with Crippen LogP contribution in [0.5, 0.6) is 5.75 Å². The summed E-state index contributed by atoms with van der Waals surface area (Å²) >= 11 is 0. The number of rotatable bonds is 4. The average Bonchev–Trinajstić information content (AvgIpc) is 2.38. The van der Waals surface area contributed by atoms with E-state index < -0.39 is 23.4 Å². The van der Waals surface area contributed by atoms with Crippen molar-refractivity contribution in [2.45, 2.75) is 59.2 Å². The maximum absolute atomic E-state index is 11.8. The summed E-state index contributed by atoms with van der Waals surface area (Å²) in [4.78, 5) is 23.4. The van der Waals surface area contributed by atoms with Crippen LogP contribution >= 0.6 is 0 Å². The lowest BCUT2D eigenvalue weighted by Crippen LogP contribution is -2.33. The molecule has 7 nitrogen and oxygen atoms in total. The normalized spacial score (nSPS) is 11.6. The predicted molar refractivity (Wildman–Crippen MR) is 95.9 cm³/mol. The summed E-state index contributed by atoms with van der Waals surface area (Å²) in [5.74, 6) is -0.0605. The van der Waals surface area contributed by atoms with Gasteiger partial charge in [-0.1, -0.05) is 6.07 Å². The lowest BCUT2D eigenvalue weighted by Gasteiger charge is -2.20. The van der Waals surface area contributed by atoms with Crippen LogP contribution in [0.25, 0.3) is 0 Å². The molecule has 0 spiro atoms. The van der Waals surface area contributed by atoms with Crippen molar-refractivity contribution in [2.24, 2.45) is 0 Å². The number of aromatic hydroxyl groups is 1. The summed E-state index contributed by atoms with van der Waals surface area (Å²) in [5, 5.41) is 15.0. The first kappa shape index (κ1) is 20.6. The van der Waals surface area contributed by atoms with E-state index >= 15 is 0 Å². The van der Waals surface area contributed by atoms with Crippen LogP contribution in [0.15, 0.2) is 18.2 Å². The maximum atomic E-state index is 11.8. The van der Waals surface area contributed by atoms with Crippen molar-refractivity contribution in [1.82, 2.24) is 5.32 Å². The third-order valence-corrected chi connectivity index (χ3v) is 2.78. The Bertz CT molecular complexity index is 615. The first-order valence-corrected chi connectivity index (χ1v) is 8.14. The molecule has 3 N–H and O–H groups in total. The fourth-order valence-electron chi connectivity index (χ4n) is 1.88. The van der Waals surface area contributed by atoms with E-state index in [0.717, 1.165) is 5.56 Å². The maximum Gasteiger partial charge on any atom is 0.412 e. The number of phenolic OH excluding ortho intramolecular Hbond substituents is 1. The summed E-state index contributed by atoms with van der Waals surface area (Å²) in [6, 6.07) is 4.83. The van der Waals surface area contributed by atoms with Gasteiger partial charge in [-0.15, -0.1) is 0 Å². The first-order valence-electron chi connectivity index (χ1n) is 8.14. The van der Waals surface area contributed by atoms with Crippen molar-refractivity contribution in [3.63, 3.8) is 0 Å². The van der Waals surface area contributed by atoms with Crippen molar-refractivity contribution in [3.8, 4) is 5.75 Å². The SMILES string of the molecule is CC(C)(C)OC(=O)NCCc1ccc(O)c(NC(=O)OC(C)(C)C)c1. The molecule has 140 valence electrons. The molecule has 0 atom stereocenters. The van der Waals surface area contributed by atoms with Gasteiger partial charge < -0.3 is 19.9 Å². The second-order valence-electron chi connectivity index (χ2n) is 7.66. The fraction of sp³-hybridized carbons (Fsp3) is 0.556. The predicted octanol–water partition coefficient (Wildman–Crippen LogP) is 3.81. The standard InChI is InChI=1S/C18H28N2O5/c1-17(2,3)24-15(22)19-10-9-12-7-8-14(21)13(11-12)20-16(23)25-18(4,5)6/h7-8,11,21H,9-10H2,1-6H3,(H,19,22)(H,20,23). The average molecular weight is 352 g/mol. The van der Waals surface area contributed by atoms with Gasteiger partial charge in [0, 0.05) is 6.54 Å². The number of anilines is 1. The van der Waals surface area contributed by atoms with Crippen LogP contribution in [0.2, 0.25) is 0 Å². The lowest BCUT2D eigenvalue weighted by atomic mass is 10.1. The van der Waals surface area contributed by atoms with Gasteiger partial charge in [0.05, 0.1) is 5.69 Å². The molecule has 0 saturated heterocycles. The van der Waals surface area contributed by atoms with Gasteiger partial charge in [-0.05, 0) is 65.7 Å². The zero-order valence-corrected chi connectivity index (χ0v) is 15.7. The number of carbonyl (C=O) groups excluding carboxylic acids is 2. The molecule has 1 aromatic carbocycles. The number of hydrogen-bond acceptors (Lipinski definition) is 5. The molecule has 2 amide bonds. The number of ether oxygens (including phenoxy) is 2. The molecule has 25 heavy (non-hydrogen) atoms. The number of alkyl carbamates (subject to hydrolysis) is 1. The molecule has 0 aromatic heterocycles. The van der Waals surface area contributed by atoms with Gasteiger partial charge in [-0.3, -0.25) is 5.32 Å². The first-order chi connectivity index (χ1) is 11.4. The van der Waals surface area contributed by atoms with Crippen LogP contribution in [0, 0.1) is 0 Å². The minimum atomic E-state index is -0.646. The van der Waals surface area contributed by atoms with E-state index in [2.05, 4.69) is 10.6 Å². The largest absolute Gasteiger partial charge is 0.506 e. The van der Waals surface area contributed by atoms with E-state index in [9.17, 15) is 14.7 Å². The molecule has 0 saturated carbocycles. The van der Waals surface area contributed by atoms with E-state index in [1.807, 2.05) is 0 Å². The molecule has 0 aliphatic carbocycles. The zero-order chi connectivity index (χ0) is 19.3. The Morgan fingerprint density at radius 3 is 2.12 bits per heavy atom. The summed E-state index contributed by atoms with van der Waals surface area (Å²) in [5.41, 5.74) is -0.0918. The Morgan fingerprint density at radius 1 is 1.00 bits per heavy atom. The van der Waals surface area contributed by atoms with E-state index in [4.69, 9.17) is 9.47 Å². The third kappa shape index (κ3) is 8.83. The lowest BCUT2D eigenvalue weighted by molar-refractivity contribution is 0.0527. The highest BCUT2D eigenvalue weighted by Gasteiger charge is 2.18. The van der Waals surface area contributed by atoms with Gasteiger partial charge in [-0.25, -0.2) is 9.59 Å². The van der Waals surface area contributed by atoms with Crippen molar-refractivity contribution < 1.29 is 24.2 Å². The Morgan fingerprint density at radius 2 is 1.56 bits per heavy atom. The summed E-state index contributed by atoms with van der Waals surface area (Å²) in [6.07, 6.45) is -0.618. The Labute approximate surface area is 148 Å². The minimum Gasteiger partial charge on any atom is -0.506 e. The molecule has 1 rings (SSSR count). The smallest absolute Gasteiger partial charge is 0.412 e. The van der Waals surface area contributed by atoms with Crippen LogP contribution in [0.4, 0.5) is 15.3 Å². The van der Waals surface area contributed by atoms with E-state index in [-0.39, 0.29) is 11.4 Å². The summed E-state index contributed by atoms with van der Waals surface area (Å²) < 4.78 is 10.3. The van der Waals surface area contributed by atoms with Crippen molar-refractivity contribution in [1.29, 1.82) is 0 Å². The van der Waals surface area contributed by atoms with Crippen LogP contribution in [0.3, 0.4) is 0 Å². The number of carbonyl (C=O) groups is 2. The van der Waals surface area contributed by atoms with E-state index in [1.165, 1.54) is 6.07 Å². The molecule has 0 fully saturated rings. The highest BCUT2D eigenvalue weighted by molar-refractivity contribution is 5.87. The molecule has 0 radical (unpaired) electrons. The number of benzene rings is 1. The molecular weight excluding hydrogens is 324 g/mol. The molecular formula is C18H28N2O5. The van der Waals surface area contributed by atoms with Crippen LogP contribution in [-0.4, -0.2) is 35.0 Å². The van der Waals surface area contributed by atoms with Gasteiger partial charge in [0.2, 0.25) is 0 Å². The number of amides is 2. The van der Waals surface area contributed by atoms with Crippen molar-refractivity contribution in [2.75, 3.05) is 11.9 Å². The second kappa shape index (κ2) is 8.09. The molecule has 0 aliphatic heterocycles. The molecule has 0 heterocycles. The topological polar surface area (TPSA) is 96.9 Å². The van der Waals surface area contributed by atoms with Crippen LogP contribution < -0.4 is 10.6 Å². The Kier molecular flexibility index (Phi) is 6.67. The summed E-state index contributed by atoms with van der Waals surface area (Å²) in [7, 11) is 0. The molecule has 1 aromatic rings. The number of nitrogens with one attached hydrogen (secondary N) is 2. The monoisotopic (exact) mass is 352 g/mol. The molecule has 0 unspecified atom stereocenters. The second-order valence-corrected chi connectivity index (χ2v) is 7.66. The highest BCUT2D eigenvalue weighted by atomic mass is 16.6. The zero-order valence-electron chi connectivity index (χ0n) is 15.7. The number of phenols is 1. The fourth-order valence-corrected chi connectivity index (χ4v) is 1.88. The third-order valence-electron chi connectivity index (χ3n) is 2.78. The van der Waals surface area contributed by atoms with Gasteiger partial charge in [0.1, 0.15) is 17.0 Å². The molecule has 0 aliphatic rings. The van der Waals surface area contributed by atoms with Crippen LogP contribution in [-0.2, 0) is 15.9 Å². The van der Waals surface area contributed by atoms with Crippen molar-refractivity contribution in [3.05, 3.63) is 23.8 Å². The Hall–Kier alpha value is -2.44.